The van der Waals surface area contributed by atoms with Crippen molar-refractivity contribution in [2.45, 2.75) is 27.3 Å². The molecule has 22 heavy (non-hydrogen) atoms. The predicted octanol–water partition coefficient (Wildman–Crippen LogP) is 2.82. The summed E-state index contributed by atoms with van der Waals surface area (Å²) in [6.45, 7) is 6.55. The third-order valence-corrected chi connectivity index (χ3v) is 3.42. The van der Waals surface area contributed by atoms with Crippen LogP contribution in [0.4, 0.5) is 5.82 Å². The van der Waals surface area contributed by atoms with Gasteiger partial charge in [-0.25, -0.2) is 9.67 Å². The van der Waals surface area contributed by atoms with Crippen LogP contribution in [0, 0.1) is 20.8 Å². The van der Waals surface area contributed by atoms with Crippen molar-refractivity contribution in [1.29, 1.82) is 0 Å². The highest BCUT2D eigenvalue weighted by Crippen LogP contribution is 2.16. The topological polar surface area (TPSA) is 60.0 Å². The zero-order valence-corrected chi connectivity index (χ0v) is 13.2. The Morgan fingerprint density at radius 1 is 1.18 bits per heavy atom. The summed E-state index contributed by atoms with van der Waals surface area (Å²) in [5.74, 6) is 3.30. The Morgan fingerprint density at radius 3 is 2.64 bits per heavy atom. The summed E-state index contributed by atoms with van der Waals surface area (Å²) in [6.07, 6.45) is 3.46. The van der Waals surface area contributed by atoms with Crippen LogP contribution in [0.15, 0.2) is 35.0 Å². The average Bonchev–Trinajstić information content (AvgIpc) is 3.04. The Kier molecular flexibility index (Phi) is 3.66. The first-order chi connectivity index (χ1) is 10.5. The molecule has 0 saturated heterocycles. The van der Waals surface area contributed by atoms with Gasteiger partial charge in [-0.1, -0.05) is 0 Å². The van der Waals surface area contributed by atoms with Crippen LogP contribution in [-0.2, 0) is 6.54 Å². The molecule has 3 rings (SSSR count). The summed E-state index contributed by atoms with van der Waals surface area (Å²) in [4.78, 5) is 10.9. The molecule has 0 atom stereocenters. The molecule has 0 aliphatic heterocycles. The van der Waals surface area contributed by atoms with Crippen LogP contribution in [0.25, 0.3) is 5.82 Å². The molecule has 0 N–H and O–H groups in total. The average molecular weight is 297 g/mol. The van der Waals surface area contributed by atoms with Gasteiger partial charge >= 0.3 is 0 Å². The van der Waals surface area contributed by atoms with E-state index in [0.717, 1.165) is 28.7 Å². The lowest BCUT2D eigenvalue weighted by Crippen LogP contribution is -2.18. The van der Waals surface area contributed by atoms with E-state index >= 15 is 0 Å². The largest absolute Gasteiger partial charge is 0.464 e. The Morgan fingerprint density at radius 2 is 2.00 bits per heavy atom. The van der Waals surface area contributed by atoms with Gasteiger partial charge in [-0.2, -0.15) is 5.10 Å². The molecule has 0 spiro atoms. The maximum absolute atomic E-state index is 5.61. The number of nitrogens with zero attached hydrogens (tertiary/aromatic N) is 5. The number of hydrogen-bond acceptors (Lipinski definition) is 5. The Bertz CT molecular complexity index is 789. The predicted molar refractivity (Wildman–Crippen MR) is 84.2 cm³/mol. The number of furan rings is 1. The first-order valence-corrected chi connectivity index (χ1v) is 7.15. The van der Waals surface area contributed by atoms with E-state index in [1.165, 1.54) is 0 Å². The van der Waals surface area contributed by atoms with Crippen LogP contribution >= 0.6 is 0 Å². The molecule has 0 aliphatic rings. The first-order valence-electron chi connectivity index (χ1n) is 7.15. The molecule has 6 heteroatoms. The van der Waals surface area contributed by atoms with Crippen LogP contribution in [-0.4, -0.2) is 26.8 Å². The standard InChI is InChI=1S/C16H19N5O/c1-11-7-12(2)21(19-11)16-9-17-8-15(18-16)20(4)10-14-6-5-13(3)22-14/h5-9H,10H2,1-4H3. The molecule has 0 radical (unpaired) electrons. The van der Waals surface area contributed by atoms with Crippen LogP contribution in [0.1, 0.15) is 22.9 Å². The van der Waals surface area contributed by atoms with Crippen molar-refractivity contribution >= 4 is 5.82 Å². The summed E-state index contributed by atoms with van der Waals surface area (Å²) in [7, 11) is 1.97. The highest BCUT2D eigenvalue weighted by atomic mass is 16.3. The normalized spacial score (nSPS) is 10.9. The molecular weight excluding hydrogens is 278 g/mol. The van der Waals surface area contributed by atoms with E-state index < -0.39 is 0 Å². The maximum Gasteiger partial charge on any atom is 0.174 e. The minimum atomic E-state index is 0.642. The van der Waals surface area contributed by atoms with Crippen molar-refractivity contribution in [3.8, 4) is 5.82 Å². The first kappa shape index (κ1) is 14.3. The molecule has 0 aromatic carbocycles. The van der Waals surface area contributed by atoms with E-state index in [1.807, 2.05) is 50.9 Å². The van der Waals surface area contributed by atoms with Gasteiger partial charge in [0.25, 0.3) is 0 Å². The van der Waals surface area contributed by atoms with Crippen molar-refractivity contribution in [3.63, 3.8) is 0 Å². The van der Waals surface area contributed by atoms with Gasteiger partial charge in [-0.3, -0.25) is 4.98 Å². The third-order valence-electron chi connectivity index (χ3n) is 3.42. The van der Waals surface area contributed by atoms with Gasteiger partial charge in [0, 0.05) is 12.7 Å². The fraction of sp³-hybridized carbons (Fsp3) is 0.312. The smallest absolute Gasteiger partial charge is 0.174 e. The van der Waals surface area contributed by atoms with Crippen molar-refractivity contribution < 1.29 is 4.42 Å². The monoisotopic (exact) mass is 297 g/mol. The molecular formula is C16H19N5O. The molecule has 3 aromatic rings. The van der Waals surface area contributed by atoms with E-state index in [2.05, 4.69) is 15.1 Å². The second-order valence-electron chi connectivity index (χ2n) is 5.44. The lowest BCUT2D eigenvalue weighted by atomic mass is 10.4. The van der Waals surface area contributed by atoms with Gasteiger partial charge in [0.1, 0.15) is 17.3 Å². The fourth-order valence-corrected chi connectivity index (χ4v) is 2.38. The zero-order valence-electron chi connectivity index (χ0n) is 13.2. The Balaban J connectivity index is 1.85. The molecule has 0 unspecified atom stereocenters. The summed E-state index contributed by atoms with van der Waals surface area (Å²) >= 11 is 0. The van der Waals surface area contributed by atoms with Gasteiger partial charge < -0.3 is 9.32 Å². The minimum Gasteiger partial charge on any atom is -0.464 e. The second-order valence-corrected chi connectivity index (χ2v) is 5.44. The highest BCUT2D eigenvalue weighted by Gasteiger charge is 2.10. The quantitative estimate of drug-likeness (QED) is 0.741. The molecule has 0 fully saturated rings. The molecule has 114 valence electrons. The van der Waals surface area contributed by atoms with Crippen molar-refractivity contribution in [2.24, 2.45) is 0 Å². The summed E-state index contributed by atoms with van der Waals surface area (Å²) < 4.78 is 7.41. The number of aromatic nitrogens is 4. The molecule has 0 bridgehead atoms. The number of hydrogen-bond donors (Lipinski definition) is 0. The SMILES string of the molecule is Cc1cc(C)n(-c2cncc(N(C)Cc3ccc(C)o3)n2)n1. The van der Waals surface area contributed by atoms with E-state index in [1.54, 1.807) is 17.1 Å². The highest BCUT2D eigenvalue weighted by molar-refractivity contribution is 5.39. The molecule has 0 aliphatic carbocycles. The molecule has 6 nitrogen and oxygen atoms in total. The number of anilines is 1. The lowest BCUT2D eigenvalue weighted by molar-refractivity contribution is 0.481. The second kappa shape index (κ2) is 5.63. The van der Waals surface area contributed by atoms with Crippen LogP contribution in [0.3, 0.4) is 0 Å². The van der Waals surface area contributed by atoms with E-state index in [9.17, 15) is 0 Å². The van der Waals surface area contributed by atoms with Crippen molar-refractivity contribution in [2.75, 3.05) is 11.9 Å². The Labute approximate surface area is 129 Å². The van der Waals surface area contributed by atoms with Gasteiger partial charge in [-0.05, 0) is 39.0 Å². The Hall–Kier alpha value is -2.63. The summed E-state index contributed by atoms with van der Waals surface area (Å²) in [5, 5.41) is 4.45. The molecule has 0 amide bonds. The zero-order chi connectivity index (χ0) is 15.7. The molecule has 0 saturated carbocycles. The van der Waals surface area contributed by atoms with Crippen molar-refractivity contribution in [1.82, 2.24) is 19.7 Å². The van der Waals surface area contributed by atoms with E-state index in [-0.39, 0.29) is 0 Å². The van der Waals surface area contributed by atoms with Gasteiger partial charge in [0.05, 0.1) is 24.6 Å². The summed E-state index contributed by atoms with van der Waals surface area (Å²) in [5.41, 5.74) is 2.00. The van der Waals surface area contributed by atoms with Gasteiger partial charge in [0.15, 0.2) is 5.82 Å². The summed E-state index contributed by atoms with van der Waals surface area (Å²) in [6, 6.07) is 5.95. The van der Waals surface area contributed by atoms with Crippen LogP contribution in [0.5, 0.6) is 0 Å². The van der Waals surface area contributed by atoms with Gasteiger partial charge in [-0.15, -0.1) is 0 Å². The van der Waals surface area contributed by atoms with E-state index in [0.29, 0.717) is 12.4 Å². The van der Waals surface area contributed by atoms with E-state index in [4.69, 9.17) is 4.42 Å². The number of aryl methyl sites for hydroxylation is 3. The molecule has 3 aromatic heterocycles. The molecule has 3 heterocycles. The van der Waals surface area contributed by atoms with Crippen LogP contribution in [0.2, 0.25) is 0 Å². The number of rotatable bonds is 4. The minimum absolute atomic E-state index is 0.642. The maximum atomic E-state index is 5.61. The lowest BCUT2D eigenvalue weighted by Gasteiger charge is -2.17. The third kappa shape index (κ3) is 2.86. The fourth-order valence-electron chi connectivity index (χ4n) is 2.38. The van der Waals surface area contributed by atoms with Crippen molar-refractivity contribution in [3.05, 3.63) is 53.5 Å². The van der Waals surface area contributed by atoms with Crippen LogP contribution < -0.4 is 4.90 Å². The van der Waals surface area contributed by atoms with Gasteiger partial charge in [0.2, 0.25) is 0 Å².